The lowest BCUT2D eigenvalue weighted by Gasteiger charge is -2.13. The van der Waals surface area contributed by atoms with E-state index in [4.69, 9.17) is 0 Å². The average molecular weight is 346 g/mol. The number of nitrogens with one attached hydrogen (secondary N) is 2. The molecule has 26 heavy (non-hydrogen) atoms. The Morgan fingerprint density at radius 2 is 1.62 bits per heavy atom. The van der Waals surface area contributed by atoms with E-state index in [1.807, 2.05) is 74.8 Å². The van der Waals surface area contributed by atoms with Gasteiger partial charge in [0.25, 0.3) is 0 Å². The molecular formula is C21H22N4O. The molecule has 3 aromatic rings. The number of anilines is 4. The highest BCUT2D eigenvalue weighted by molar-refractivity contribution is 5.91. The molecule has 0 unspecified atom stereocenters. The lowest BCUT2D eigenvalue weighted by Crippen LogP contribution is -2.15. The van der Waals surface area contributed by atoms with Gasteiger partial charge in [0.05, 0.1) is 18.3 Å². The van der Waals surface area contributed by atoms with Crippen molar-refractivity contribution < 1.29 is 4.79 Å². The summed E-state index contributed by atoms with van der Waals surface area (Å²) in [6.45, 7) is 0. The third-order valence-corrected chi connectivity index (χ3v) is 3.91. The van der Waals surface area contributed by atoms with Gasteiger partial charge in [-0.3, -0.25) is 4.79 Å². The van der Waals surface area contributed by atoms with Crippen molar-refractivity contribution in [1.82, 2.24) is 4.98 Å². The lowest BCUT2D eigenvalue weighted by atomic mass is 10.1. The molecule has 5 nitrogen and oxygen atoms in total. The Balaban J connectivity index is 1.57. The van der Waals surface area contributed by atoms with Crippen LogP contribution < -0.4 is 15.5 Å². The molecule has 1 aromatic heterocycles. The number of carbonyl (C=O) groups is 1. The Labute approximate surface area is 153 Å². The monoisotopic (exact) mass is 346 g/mol. The first-order valence-electron chi connectivity index (χ1n) is 8.44. The van der Waals surface area contributed by atoms with Crippen molar-refractivity contribution >= 4 is 28.8 Å². The zero-order valence-corrected chi connectivity index (χ0v) is 14.9. The zero-order valence-electron chi connectivity index (χ0n) is 14.9. The SMILES string of the molecule is CN(C)c1ccc(Nc2ccc(NC(=O)Cc3ccccc3)nc2)cc1. The topological polar surface area (TPSA) is 57.3 Å². The molecule has 5 heteroatoms. The molecule has 2 N–H and O–H groups in total. The third-order valence-electron chi connectivity index (χ3n) is 3.91. The van der Waals surface area contributed by atoms with Crippen LogP contribution in [0.3, 0.4) is 0 Å². The summed E-state index contributed by atoms with van der Waals surface area (Å²) in [6.07, 6.45) is 2.04. The largest absolute Gasteiger partial charge is 0.378 e. The van der Waals surface area contributed by atoms with E-state index in [0.29, 0.717) is 12.2 Å². The molecule has 1 amide bonds. The predicted molar refractivity (Wildman–Crippen MR) is 107 cm³/mol. The van der Waals surface area contributed by atoms with Gasteiger partial charge in [-0.05, 0) is 42.0 Å². The molecule has 0 radical (unpaired) electrons. The van der Waals surface area contributed by atoms with E-state index in [0.717, 1.165) is 22.6 Å². The van der Waals surface area contributed by atoms with E-state index < -0.39 is 0 Å². The smallest absolute Gasteiger partial charge is 0.229 e. The first-order valence-corrected chi connectivity index (χ1v) is 8.44. The maximum Gasteiger partial charge on any atom is 0.229 e. The van der Waals surface area contributed by atoms with Gasteiger partial charge in [0.1, 0.15) is 5.82 Å². The van der Waals surface area contributed by atoms with Gasteiger partial charge >= 0.3 is 0 Å². The van der Waals surface area contributed by atoms with Crippen molar-refractivity contribution in [2.75, 3.05) is 29.6 Å². The summed E-state index contributed by atoms with van der Waals surface area (Å²) in [4.78, 5) is 18.4. The Bertz CT molecular complexity index is 843. The average Bonchev–Trinajstić information content (AvgIpc) is 2.64. The van der Waals surface area contributed by atoms with Crippen LogP contribution in [0, 0.1) is 0 Å². The summed E-state index contributed by atoms with van der Waals surface area (Å²) in [5.74, 6) is 0.461. The van der Waals surface area contributed by atoms with Crippen molar-refractivity contribution in [3.63, 3.8) is 0 Å². The molecule has 3 rings (SSSR count). The lowest BCUT2D eigenvalue weighted by molar-refractivity contribution is -0.115. The summed E-state index contributed by atoms with van der Waals surface area (Å²) in [5.41, 5.74) is 3.97. The number of hydrogen-bond donors (Lipinski definition) is 2. The van der Waals surface area contributed by atoms with E-state index in [-0.39, 0.29) is 5.91 Å². The zero-order chi connectivity index (χ0) is 18.4. The number of rotatable bonds is 6. The van der Waals surface area contributed by atoms with Gasteiger partial charge in [0.2, 0.25) is 5.91 Å². The van der Waals surface area contributed by atoms with Crippen LogP contribution in [-0.4, -0.2) is 25.0 Å². The molecule has 0 saturated heterocycles. The Kier molecular flexibility index (Phi) is 5.49. The summed E-state index contributed by atoms with van der Waals surface area (Å²) in [5, 5.41) is 6.11. The highest BCUT2D eigenvalue weighted by Gasteiger charge is 2.05. The van der Waals surface area contributed by atoms with Gasteiger partial charge in [-0.2, -0.15) is 0 Å². The first kappa shape index (κ1) is 17.5. The number of benzene rings is 2. The van der Waals surface area contributed by atoms with Crippen molar-refractivity contribution in [2.45, 2.75) is 6.42 Å². The molecule has 0 fully saturated rings. The predicted octanol–water partition coefficient (Wildman–Crippen LogP) is 4.07. The van der Waals surface area contributed by atoms with Crippen molar-refractivity contribution in [3.8, 4) is 0 Å². The fourth-order valence-electron chi connectivity index (χ4n) is 2.52. The normalized spacial score (nSPS) is 10.2. The van der Waals surface area contributed by atoms with Crippen LogP contribution in [0.25, 0.3) is 0 Å². The van der Waals surface area contributed by atoms with Crippen molar-refractivity contribution in [3.05, 3.63) is 78.5 Å². The fourth-order valence-corrected chi connectivity index (χ4v) is 2.52. The van der Waals surface area contributed by atoms with Gasteiger partial charge in [0, 0.05) is 25.5 Å². The summed E-state index contributed by atoms with van der Waals surface area (Å²) >= 11 is 0. The van der Waals surface area contributed by atoms with Gasteiger partial charge in [-0.25, -0.2) is 4.98 Å². The van der Waals surface area contributed by atoms with Crippen LogP contribution in [0.1, 0.15) is 5.56 Å². The molecular weight excluding hydrogens is 324 g/mol. The van der Waals surface area contributed by atoms with Crippen LogP contribution in [0.2, 0.25) is 0 Å². The fraction of sp³-hybridized carbons (Fsp3) is 0.143. The second-order valence-corrected chi connectivity index (χ2v) is 6.21. The highest BCUT2D eigenvalue weighted by atomic mass is 16.1. The van der Waals surface area contributed by atoms with E-state index in [2.05, 4.69) is 20.5 Å². The standard InChI is InChI=1S/C21H22N4O/c1-25(2)19-11-8-17(9-12-19)23-18-10-13-20(22-15-18)24-21(26)14-16-6-4-3-5-7-16/h3-13,15,23H,14H2,1-2H3,(H,22,24,26). The van der Waals surface area contributed by atoms with Crippen LogP contribution in [0.15, 0.2) is 72.9 Å². The minimum Gasteiger partial charge on any atom is -0.378 e. The van der Waals surface area contributed by atoms with Crippen LogP contribution in [-0.2, 0) is 11.2 Å². The minimum atomic E-state index is -0.0799. The van der Waals surface area contributed by atoms with Gasteiger partial charge in [-0.15, -0.1) is 0 Å². The number of aromatic nitrogens is 1. The maximum absolute atomic E-state index is 12.1. The molecule has 0 spiro atoms. The maximum atomic E-state index is 12.1. The molecule has 0 bridgehead atoms. The summed E-state index contributed by atoms with van der Waals surface area (Å²) < 4.78 is 0. The van der Waals surface area contributed by atoms with E-state index in [1.165, 1.54) is 0 Å². The van der Waals surface area contributed by atoms with Crippen LogP contribution in [0.4, 0.5) is 22.9 Å². The number of carbonyl (C=O) groups excluding carboxylic acids is 1. The van der Waals surface area contributed by atoms with Crippen molar-refractivity contribution in [2.24, 2.45) is 0 Å². The third kappa shape index (κ3) is 4.83. The second-order valence-electron chi connectivity index (χ2n) is 6.21. The number of amides is 1. The number of hydrogen-bond acceptors (Lipinski definition) is 4. The van der Waals surface area contributed by atoms with E-state index in [1.54, 1.807) is 12.3 Å². The van der Waals surface area contributed by atoms with Gasteiger partial charge in [-0.1, -0.05) is 30.3 Å². The summed E-state index contributed by atoms with van der Waals surface area (Å²) in [6, 6.07) is 21.5. The Morgan fingerprint density at radius 3 is 2.23 bits per heavy atom. The van der Waals surface area contributed by atoms with Gasteiger partial charge < -0.3 is 15.5 Å². The van der Waals surface area contributed by atoms with E-state index >= 15 is 0 Å². The molecule has 2 aromatic carbocycles. The van der Waals surface area contributed by atoms with Gasteiger partial charge in [0.15, 0.2) is 0 Å². The quantitative estimate of drug-likeness (QED) is 0.706. The molecule has 1 heterocycles. The van der Waals surface area contributed by atoms with Crippen LogP contribution >= 0.6 is 0 Å². The number of pyridine rings is 1. The molecule has 0 saturated carbocycles. The second kappa shape index (κ2) is 8.16. The molecule has 0 aliphatic heterocycles. The Morgan fingerprint density at radius 1 is 0.923 bits per heavy atom. The molecule has 0 atom stereocenters. The van der Waals surface area contributed by atoms with E-state index in [9.17, 15) is 4.79 Å². The molecule has 0 aliphatic carbocycles. The highest BCUT2D eigenvalue weighted by Crippen LogP contribution is 2.20. The molecule has 0 aliphatic rings. The Hall–Kier alpha value is -3.34. The first-order chi connectivity index (χ1) is 12.6. The molecule has 132 valence electrons. The summed E-state index contributed by atoms with van der Waals surface area (Å²) in [7, 11) is 4.02. The van der Waals surface area contributed by atoms with Crippen molar-refractivity contribution in [1.29, 1.82) is 0 Å². The minimum absolute atomic E-state index is 0.0799. The van der Waals surface area contributed by atoms with Crippen LogP contribution in [0.5, 0.6) is 0 Å². The number of nitrogens with zero attached hydrogens (tertiary/aromatic N) is 2.